The molecule has 1 saturated heterocycles. The van der Waals surface area contributed by atoms with Crippen LogP contribution in [0.15, 0.2) is 78.9 Å². The Bertz CT molecular complexity index is 1050. The average molecular weight is 496 g/mol. The van der Waals surface area contributed by atoms with Crippen LogP contribution in [-0.2, 0) is 4.79 Å². The average Bonchev–Trinajstić information content (AvgIpc) is 2.86. The van der Waals surface area contributed by atoms with Gasteiger partial charge >= 0.3 is 0 Å². The number of nitrogens with one attached hydrogen (secondary N) is 1. The summed E-state index contributed by atoms with van der Waals surface area (Å²) in [6.45, 7) is 6.79. The Morgan fingerprint density at radius 3 is 1.97 bits per heavy atom. The largest absolute Gasteiger partial charge is 0.369 e. The predicted molar refractivity (Wildman–Crippen MR) is 142 cm³/mol. The van der Waals surface area contributed by atoms with Gasteiger partial charge in [-0.05, 0) is 53.4 Å². The minimum absolute atomic E-state index is 0.0652. The number of halogens is 2. The lowest BCUT2D eigenvalue weighted by molar-refractivity contribution is -0.122. The number of hydrogen-bond acceptors (Lipinski definition) is 3. The maximum Gasteiger partial charge on any atom is 0.234 e. The zero-order valence-corrected chi connectivity index (χ0v) is 21.0. The Morgan fingerprint density at radius 2 is 1.38 bits per heavy atom. The molecule has 1 aliphatic rings. The Kier molecular flexibility index (Phi) is 8.49. The van der Waals surface area contributed by atoms with E-state index in [1.807, 2.05) is 42.5 Å². The first-order valence-electron chi connectivity index (χ1n) is 11.8. The summed E-state index contributed by atoms with van der Waals surface area (Å²) >= 11 is 12.2. The second-order valence-corrected chi connectivity index (χ2v) is 9.77. The van der Waals surface area contributed by atoms with Crippen molar-refractivity contribution >= 4 is 34.8 Å². The van der Waals surface area contributed by atoms with Gasteiger partial charge in [0.1, 0.15) is 0 Å². The Hall–Kier alpha value is -2.53. The van der Waals surface area contributed by atoms with Gasteiger partial charge in [0.25, 0.3) is 0 Å². The zero-order valence-electron chi connectivity index (χ0n) is 19.5. The molecule has 1 amide bonds. The van der Waals surface area contributed by atoms with Gasteiger partial charge in [-0.1, -0.05) is 72.6 Å². The number of amides is 1. The van der Waals surface area contributed by atoms with Crippen LogP contribution < -0.4 is 10.2 Å². The fourth-order valence-corrected chi connectivity index (χ4v) is 4.83. The molecule has 1 fully saturated rings. The third kappa shape index (κ3) is 6.53. The highest BCUT2D eigenvalue weighted by Gasteiger charge is 2.23. The molecule has 0 bridgehead atoms. The minimum Gasteiger partial charge on any atom is -0.369 e. The van der Waals surface area contributed by atoms with Crippen LogP contribution in [-0.4, -0.2) is 50.1 Å². The molecule has 1 heterocycles. The van der Waals surface area contributed by atoms with Crippen molar-refractivity contribution in [3.63, 3.8) is 0 Å². The molecule has 0 aromatic heterocycles. The van der Waals surface area contributed by atoms with Gasteiger partial charge in [0, 0.05) is 54.4 Å². The van der Waals surface area contributed by atoms with E-state index in [1.54, 1.807) is 0 Å². The fourth-order valence-electron chi connectivity index (χ4n) is 4.58. The van der Waals surface area contributed by atoms with Crippen molar-refractivity contribution in [1.29, 1.82) is 0 Å². The van der Waals surface area contributed by atoms with Gasteiger partial charge in [0.05, 0.1) is 6.54 Å². The molecule has 0 aliphatic carbocycles. The number of hydrogen-bond donors (Lipinski definition) is 1. The summed E-state index contributed by atoms with van der Waals surface area (Å²) in [6.07, 6.45) is 0. The summed E-state index contributed by atoms with van der Waals surface area (Å²) in [6, 6.07) is 26.3. The predicted octanol–water partition coefficient (Wildman–Crippen LogP) is 5.82. The second kappa shape index (κ2) is 11.7. The van der Waals surface area contributed by atoms with Gasteiger partial charge in [0.2, 0.25) is 5.91 Å². The smallest absolute Gasteiger partial charge is 0.234 e. The molecule has 1 aliphatic heterocycles. The molecule has 6 heteroatoms. The fraction of sp³-hybridized carbons (Fsp3) is 0.321. The van der Waals surface area contributed by atoms with Crippen molar-refractivity contribution in [3.8, 4) is 0 Å². The normalized spacial score (nSPS) is 16.1. The summed E-state index contributed by atoms with van der Waals surface area (Å²) in [5, 5.41) is 4.63. The van der Waals surface area contributed by atoms with Crippen LogP contribution in [0.3, 0.4) is 0 Å². The van der Waals surface area contributed by atoms with Crippen LogP contribution in [0.5, 0.6) is 0 Å². The van der Waals surface area contributed by atoms with Gasteiger partial charge in [0.15, 0.2) is 0 Å². The number of para-hydroxylation sites is 1. The van der Waals surface area contributed by atoms with E-state index in [1.165, 1.54) is 11.3 Å². The first kappa shape index (κ1) is 24.6. The van der Waals surface area contributed by atoms with Crippen molar-refractivity contribution in [1.82, 2.24) is 10.2 Å². The molecule has 3 aromatic rings. The number of rotatable bonds is 8. The molecule has 2 unspecified atom stereocenters. The third-order valence-corrected chi connectivity index (χ3v) is 7.18. The van der Waals surface area contributed by atoms with Gasteiger partial charge < -0.3 is 10.2 Å². The van der Waals surface area contributed by atoms with E-state index in [4.69, 9.17) is 23.2 Å². The summed E-state index contributed by atoms with van der Waals surface area (Å²) in [7, 11) is 0. The van der Waals surface area contributed by atoms with E-state index < -0.39 is 0 Å². The van der Waals surface area contributed by atoms with Crippen molar-refractivity contribution in [2.24, 2.45) is 0 Å². The number of anilines is 1. The third-order valence-electron chi connectivity index (χ3n) is 6.68. The minimum atomic E-state index is 0.0652. The molecular weight excluding hydrogens is 465 g/mol. The van der Waals surface area contributed by atoms with Crippen molar-refractivity contribution in [2.45, 2.75) is 18.8 Å². The monoisotopic (exact) mass is 495 g/mol. The summed E-state index contributed by atoms with van der Waals surface area (Å²) in [5.41, 5.74) is 3.59. The highest BCUT2D eigenvalue weighted by molar-refractivity contribution is 6.30. The number of nitrogens with zero attached hydrogens (tertiary/aromatic N) is 2. The van der Waals surface area contributed by atoms with Gasteiger partial charge in [-0.2, -0.15) is 0 Å². The van der Waals surface area contributed by atoms with Crippen LogP contribution in [0, 0.1) is 0 Å². The highest BCUT2D eigenvalue weighted by Crippen LogP contribution is 2.33. The van der Waals surface area contributed by atoms with Crippen LogP contribution >= 0.6 is 23.2 Å². The molecule has 34 heavy (non-hydrogen) atoms. The molecule has 0 radical (unpaired) electrons. The van der Waals surface area contributed by atoms with Gasteiger partial charge in [-0.25, -0.2) is 0 Å². The molecule has 0 saturated carbocycles. The first-order chi connectivity index (χ1) is 16.5. The van der Waals surface area contributed by atoms with Crippen LogP contribution in [0.4, 0.5) is 5.69 Å². The van der Waals surface area contributed by atoms with Crippen LogP contribution in [0.25, 0.3) is 0 Å². The number of carbonyl (C=O) groups is 1. The lowest BCUT2D eigenvalue weighted by Crippen LogP contribution is -2.49. The summed E-state index contributed by atoms with van der Waals surface area (Å²) in [4.78, 5) is 17.5. The van der Waals surface area contributed by atoms with E-state index >= 15 is 0 Å². The van der Waals surface area contributed by atoms with Crippen molar-refractivity contribution < 1.29 is 4.79 Å². The molecule has 0 spiro atoms. The quantitative estimate of drug-likeness (QED) is 0.427. The Balaban J connectivity index is 1.35. The highest BCUT2D eigenvalue weighted by atomic mass is 35.5. The van der Waals surface area contributed by atoms with Gasteiger partial charge in [-0.3, -0.25) is 9.69 Å². The SMILES string of the molecule is CC(c1ccc(Cl)cc1)C(CNC(=O)CN1CCN(c2ccccc2)CC1)c1ccc(Cl)cc1. The van der Waals surface area contributed by atoms with Gasteiger partial charge in [-0.15, -0.1) is 0 Å². The topological polar surface area (TPSA) is 35.6 Å². The molecule has 178 valence electrons. The van der Waals surface area contributed by atoms with Crippen molar-refractivity contribution in [3.05, 3.63) is 100 Å². The number of piperazine rings is 1. The lowest BCUT2D eigenvalue weighted by atomic mass is 9.82. The standard InChI is InChI=1S/C28H31Cl2N3O/c1-21(22-7-11-24(29)12-8-22)27(23-9-13-25(30)14-10-23)19-31-28(34)20-32-15-17-33(18-16-32)26-5-3-2-4-6-26/h2-14,21,27H,15-20H2,1H3,(H,31,34). The Morgan fingerprint density at radius 1 is 0.824 bits per heavy atom. The van der Waals surface area contributed by atoms with E-state index in [0.29, 0.717) is 18.1 Å². The lowest BCUT2D eigenvalue weighted by Gasteiger charge is -2.35. The maximum atomic E-state index is 12.9. The zero-order chi connectivity index (χ0) is 23.9. The molecule has 1 N–H and O–H groups in total. The molecule has 4 nitrogen and oxygen atoms in total. The van der Waals surface area contributed by atoms with E-state index in [9.17, 15) is 4.79 Å². The molecule has 3 aromatic carbocycles. The first-order valence-corrected chi connectivity index (χ1v) is 12.5. The van der Waals surface area contributed by atoms with Crippen LogP contribution in [0.2, 0.25) is 10.0 Å². The molecule has 2 atom stereocenters. The van der Waals surface area contributed by atoms with E-state index in [-0.39, 0.29) is 17.7 Å². The Labute approximate surface area is 212 Å². The van der Waals surface area contributed by atoms with Crippen LogP contribution in [0.1, 0.15) is 29.9 Å². The van der Waals surface area contributed by atoms with E-state index in [0.717, 1.165) is 36.8 Å². The molecule has 4 rings (SSSR count). The molecular formula is C28H31Cl2N3O. The number of benzene rings is 3. The van der Waals surface area contributed by atoms with E-state index in [2.05, 4.69) is 58.4 Å². The number of carbonyl (C=O) groups excluding carboxylic acids is 1. The maximum absolute atomic E-state index is 12.9. The second-order valence-electron chi connectivity index (χ2n) is 8.90. The van der Waals surface area contributed by atoms with Crippen molar-refractivity contribution in [2.75, 3.05) is 44.2 Å². The summed E-state index contributed by atoms with van der Waals surface area (Å²) in [5.74, 6) is 0.390. The summed E-state index contributed by atoms with van der Waals surface area (Å²) < 4.78 is 0.